The Kier molecular flexibility index (Phi) is 8.64. The van der Waals surface area contributed by atoms with Crippen LogP contribution in [0.4, 0.5) is 0 Å². The Morgan fingerprint density at radius 1 is 1.41 bits per heavy atom. The molecule has 0 radical (unpaired) electrons. The molecule has 0 aromatic carbocycles. The summed E-state index contributed by atoms with van der Waals surface area (Å²) in [5.74, 6) is 0.833. The Morgan fingerprint density at radius 3 is 2.77 bits per heavy atom. The van der Waals surface area contributed by atoms with E-state index in [4.69, 9.17) is 4.74 Å². The van der Waals surface area contributed by atoms with E-state index in [9.17, 15) is 4.79 Å². The van der Waals surface area contributed by atoms with Gasteiger partial charge in [0.05, 0.1) is 13.2 Å². The van der Waals surface area contributed by atoms with Crippen LogP contribution in [0.2, 0.25) is 0 Å². The molecule has 0 fully saturated rings. The summed E-state index contributed by atoms with van der Waals surface area (Å²) in [7, 11) is 1.38. The zero-order chi connectivity index (χ0) is 16.4. The van der Waals surface area contributed by atoms with E-state index in [1.807, 2.05) is 0 Å². The van der Waals surface area contributed by atoms with Gasteiger partial charge in [-0.2, -0.15) is 0 Å². The maximum absolute atomic E-state index is 11.4. The number of esters is 1. The van der Waals surface area contributed by atoms with Crippen molar-refractivity contribution < 1.29 is 14.3 Å². The first-order chi connectivity index (χ1) is 10.6. The van der Waals surface area contributed by atoms with Crippen molar-refractivity contribution >= 4 is 5.97 Å². The second-order valence-electron chi connectivity index (χ2n) is 5.71. The van der Waals surface area contributed by atoms with Crippen LogP contribution in [0.25, 0.3) is 0 Å². The summed E-state index contributed by atoms with van der Waals surface area (Å²) >= 11 is 0. The second kappa shape index (κ2) is 10.3. The van der Waals surface area contributed by atoms with Crippen molar-refractivity contribution in [2.45, 2.75) is 65.4 Å². The number of methoxy groups -OCH3 is 1. The molecule has 0 aromatic heterocycles. The van der Waals surface area contributed by atoms with Crippen molar-refractivity contribution in [3.05, 3.63) is 35.6 Å². The van der Waals surface area contributed by atoms with E-state index in [1.165, 1.54) is 26.0 Å². The molecule has 0 spiro atoms. The number of carbonyl (C=O) groups is 1. The minimum absolute atomic E-state index is 0.0617. The summed E-state index contributed by atoms with van der Waals surface area (Å²) in [6, 6.07) is 0. The maximum atomic E-state index is 11.4. The van der Waals surface area contributed by atoms with Crippen molar-refractivity contribution in [3.63, 3.8) is 0 Å². The zero-order valence-corrected chi connectivity index (χ0v) is 14.4. The predicted octanol–water partition coefficient (Wildman–Crippen LogP) is 4.94. The van der Waals surface area contributed by atoms with E-state index in [-0.39, 0.29) is 12.1 Å². The van der Waals surface area contributed by atoms with Gasteiger partial charge in [-0.15, -0.1) is 0 Å². The molecule has 3 nitrogen and oxygen atoms in total. The maximum Gasteiger partial charge on any atom is 0.334 e. The smallest absolute Gasteiger partial charge is 0.334 e. The van der Waals surface area contributed by atoms with Gasteiger partial charge in [-0.05, 0) is 43.3 Å². The van der Waals surface area contributed by atoms with Gasteiger partial charge in [-0.25, -0.2) is 4.79 Å². The van der Waals surface area contributed by atoms with Crippen LogP contribution in [0.15, 0.2) is 35.6 Å². The Bertz CT molecular complexity index is 432. The van der Waals surface area contributed by atoms with E-state index in [2.05, 4.69) is 43.7 Å². The lowest BCUT2D eigenvalue weighted by atomic mass is 9.97. The molecule has 124 valence electrons. The number of hydrogen-bond donors (Lipinski definition) is 0. The van der Waals surface area contributed by atoms with Gasteiger partial charge in [0.25, 0.3) is 0 Å². The van der Waals surface area contributed by atoms with Crippen LogP contribution >= 0.6 is 0 Å². The summed E-state index contributed by atoms with van der Waals surface area (Å²) in [5, 5.41) is 0. The van der Waals surface area contributed by atoms with Gasteiger partial charge >= 0.3 is 5.97 Å². The van der Waals surface area contributed by atoms with Gasteiger partial charge in [-0.1, -0.05) is 45.8 Å². The van der Waals surface area contributed by atoms with Crippen LogP contribution in [0.5, 0.6) is 0 Å². The van der Waals surface area contributed by atoms with Crippen LogP contribution < -0.4 is 0 Å². The van der Waals surface area contributed by atoms with E-state index >= 15 is 0 Å². The first kappa shape index (κ1) is 18.5. The number of rotatable bonds is 9. The first-order valence-electron chi connectivity index (χ1n) is 8.48. The Labute approximate surface area is 135 Å². The molecule has 1 aliphatic heterocycles. The fraction of sp³-hybridized carbons (Fsp3) is 0.632. The summed E-state index contributed by atoms with van der Waals surface area (Å²) < 4.78 is 10.6. The van der Waals surface area contributed by atoms with Crippen molar-refractivity contribution in [3.8, 4) is 0 Å². The average molecular weight is 306 g/mol. The molecule has 0 saturated carbocycles. The lowest BCUT2D eigenvalue weighted by molar-refractivity contribution is -0.135. The minimum atomic E-state index is -0.360. The van der Waals surface area contributed by atoms with Gasteiger partial charge in [0.15, 0.2) is 0 Å². The quantitative estimate of drug-likeness (QED) is 0.262. The summed E-state index contributed by atoms with van der Waals surface area (Å²) in [6.45, 7) is 6.49. The Morgan fingerprint density at radius 2 is 2.18 bits per heavy atom. The molecule has 0 amide bonds. The van der Waals surface area contributed by atoms with Crippen molar-refractivity contribution in [1.82, 2.24) is 0 Å². The number of hydrogen-bond acceptors (Lipinski definition) is 3. The first-order valence-corrected chi connectivity index (χ1v) is 8.48. The van der Waals surface area contributed by atoms with Crippen LogP contribution in [0, 0.1) is 5.92 Å². The highest BCUT2D eigenvalue weighted by Gasteiger charge is 2.23. The number of unbranched alkanes of at least 4 members (excludes halogenated alkanes) is 2. The molecule has 0 aromatic rings. The third kappa shape index (κ3) is 6.08. The Balaban J connectivity index is 2.62. The molecule has 22 heavy (non-hydrogen) atoms. The largest absolute Gasteiger partial charge is 0.486 e. The molecule has 1 aliphatic rings. The van der Waals surface area contributed by atoms with E-state index in [0.717, 1.165) is 31.3 Å². The van der Waals surface area contributed by atoms with Crippen LogP contribution in [-0.4, -0.2) is 19.2 Å². The van der Waals surface area contributed by atoms with Gasteiger partial charge in [0.2, 0.25) is 0 Å². The molecular formula is C19H30O3. The van der Waals surface area contributed by atoms with Crippen LogP contribution in [0.1, 0.15) is 59.3 Å². The third-order valence-corrected chi connectivity index (χ3v) is 4.00. The standard InChI is InChI=1S/C19H30O3/c1-5-8-9-10-11-15(6-2)12-17-13-16(7-3)18(22-17)14-19(20)21-4/h10-11,13-15,17H,5-9,12H2,1-4H3. The highest BCUT2D eigenvalue weighted by atomic mass is 16.5. The van der Waals surface area contributed by atoms with Gasteiger partial charge in [0, 0.05) is 0 Å². The zero-order valence-electron chi connectivity index (χ0n) is 14.4. The predicted molar refractivity (Wildman–Crippen MR) is 90.4 cm³/mol. The molecule has 0 N–H and O–H groups in total. The second-order valence-corrected chi connectivity index (χ2v) is 5.71. The van der Waals surface area contributed by atoms with E-state index in [0.29, 0.717) is 11.7 Å². The number of ether oxygens (including phenoxy) is 2. The third-order valence-electron chi connectivity index (χ3n) is 4.00. The molecule has 0 aliphatic carbocycles. The summed E-state index contributed by atoms with van der Waals surface area (Å²) in [6.07, 6.45) is 14.8. The van der Waals surface area contributed by atoms with Crippen LogP contribution in [0.3, 0.4) is 0 Å². The molecular weight excluding hydrogens is 276 g/mol. The Hall–Kier alpha value is -1.51. The highest BCUT2D eigenvalue weighted by molar-refractivity contribution is 5.83. The van der Waals surface area contributed by atoms with Gasteiger partial charge in [0.1, 0.15) is 11.9 Å². The molecule has 2 unspecified atom stereocenters. The molecule has 0 saturated heterocycles. The fourth-order valence-corrected chi connectivity index (χ4v) is 2.57. The van der Waals surface area contributed by atoms with Gasteiger partial charge < -0.3 is 9.47 Å². The lowest BCUT2D eigenvalue weighted by Crippen LogP contribution is -2.10. The van der Waals surface area contributed by atoms with Crippen molar-refractivity contribution in [2.24, 2.45) is 5.92 Å². The topological polar surface area (TPSA) is 35.5 Å². The average Bonchev–Trinajstić information content (AvgIpc) is 2.91. The van der Waals surface area contributed by atoms with Crippen LogP contribution in [-0.2, 0) is 14.3 Å². The van der Waals surface area contributed by atoms with Gasteiger partial charge in [-0.3, -0.25) is 0 Å². The number of carbonyl (C=O) groups excluding carboxylic acids is 1. The highest BCUT2D eigenvalue weighted by Crippen LogP contribution is 2.30. The van der Waals surface area contributed by atoms with E-state index in [1.54, 1.807) is 0 Å². The van der Waals surface area contributed by atoms with E-state index < -0.39 is 0 Å². The number of allylic oxidation sites excluding steroid dienone is 3. The molecule has 1 heterocycles. The molecule has 2 atom stereocenters. The summed E-state index contributed by atoms with van der Waals surface area (Å²) in [4.78, 5) is 11.4. The molecule has 0 bridgehead atoms. The fourth-order valence-electron chi connectivity index (χ4n) is 2.57. The molecule has 1 rings (SSSR count). The minimum Gasteiger partial charge on any atom is -0.486 e. The molecule has 3 heteroatoms. The van der Waals surface area contributed by atoms with Crippen molar-refractivity contribution in [1.29, 1.82) is 0 Å². The monoisotopic (exact) mass is 306 g/mol. The van der Waals surface area contributed by atoms with Crippen molar-refractivity contribution in [2.75, 3.05) is 7.11 Å². The lowest BCUT2D eigenvalue weighted by Gasteiger charge is -2.16. The summed E-state index contributed by atoms with van der Waals surface area (Å²) in [5.41, 5.74) is 1.10. The normalized spacial score (nSPS) is 21.0. The SMILES string of the molecule is CCCCC=CC(CC)CC1C=C(CC)C(=CC(=O)OC)O1.